The molecule has 4 rings (SSSR count). The Kier molecular flexibility index (Phi) is 5.79. The van der Waals surface area contributed by atoms with Crippen LogP contribution in [0.25, 0.3) is 10.3 Å². The van der Waals surface area contributed by atoms with E-state index in [9.17, 15) is 4.79 Å². The third-order valence-corrected chi connectivity index (χ3v) is 6.16. The van der Waals surface area contributed by atoms with Gasteiger partial charge in [-0.1, -0.05) is 35.1 Å². The minimum atomic E-state index is -0.161. The molecule has 0 radical (unpaired) electrons. The highest BCUT2D eigenvalue weighted by atomic mass is 35.5. The van der Waals surface area contributed by atoms with Crippen molar-refractivity contribution < 1.29 is 9.53 Å². The number of ether oxygens (including phenoxy) is 1. The van der Waals surface area contributed by atoms with E-state index in [0.29, 0.717) is 34.4 Å². The van der Waals surface area contributed by atoms with E-state index in [1.165, 1.54) is 30.3 Å². The molecule has 0 saturated carbocycles. The first kappa shape index (κ1) is 19.8. The Labute approximate surface area is 177 Å². The van der Waals surface area contributed by atoms with Gasteiger partial charge in [-0.25, -0.2) is 14.8 Å². The fraction of sp³-hybridized carbons (Fsp3) is 0.368. The van der Waals surface area contributed by atoms with Crippen LogP contribution >= 0.6 is 22.9 Å². The number of hydrogen-bond donors (Lipinski definition) is 1. The second kappa shape index (κ2) is 8.48. The van der Waals surface area contributed by atoms with Crippen molar-refractivity contribution in [3.63, 3.8) is 0 Å². The molecular weight excluding hydrogens is 412 g/mol. The zero-order valence-corrected chi connectivity index (χ0v) is 17.7. The summed E-state index contributed by atoms with van der Waals surface area (Å²) in [4.78, 5) is 30.1. The van der Waals surface area contributed by atoms with Gasteiger partial charge in [0.05, 0.1) is 7.11 Å². The molecule has 3 aromatic rings. The lowest BCUT2D eigenvalue weighted by Crippen LogP contribution is -2.50. The maximum absolute atomic E-state index is 12.7. The van der Waals surface area contributed by atoms with Crippen LogP contribution in [0.4, 0.5) is 9.93 Å². The van der Waals surface area contributed by atoms with Crippen molar-refractivity contribution in [3.05, 3.63) is 41.2 Å². The number of fused-ring (bicyclic) bond motifs is 1. The maximum atomic E-state index is 12.7. The Morgan fingerprint density at radius 3 is 2.79 bits per heavy atom. The number of rotatable bonds is 4. The van der Waals surface area contributed by atoms with Gasteiger partial charge in [-0.3, -0.25) is 10.2 Å². The zero-order chi connectivity index (χ0) is 20.4. The molecule has 1 unspecified atom stereocenters. The Bertz CT molecular complexity index is 1020. The van der Waals surface area contributed by atoms with Crippen LogP contribution in [0.5, 0.6) is 5.88 Å². The molecular formula is C19H21ClN6O2S. The second-order valence-electron chi connectivity index (χ2n) is 6.74. The number of halogens is 1. The molecule has 2 amide bonds. The molecule has 1 aliphatic heterocycles. The number of urea groups is 1. The number of nitrogens with zero attached hydrogens (tertiary/aromatic N) is 5. The SMILES string of the molecule is COc1ncnc2sc(NC(=O)N3CCN(C(C)c4cccc(Cl)c4)CC3)nc12. The Hall–Kier alpha value is -2.49. The molecule has 2 aromatic heterocycles. The third-order valence-electron chi connectivity index (χ3n) is 5.05. The number of methoxy groups -OCH3 is 1. The predicted octanol–water partition coefficient (Wildman–Crippen LogP) is 3.66. The molecule has 10 heteroatoms. The smallest absolute Gasteiger partial charge is 0.323 e. The van der Waals surface area contributed by atoms with Crippen LogP contribution in [-0.2, 0) is 0 Å². The quantitative estimate of drug-likeness (QED) is 0.677. The first-order valence-corrected chi connectivity index (χ1v) is 10.5. The maximum Gasteiger partial charge on any atom is 0.323 e. The summed E-state index contributed by atoms with van der Waals surface area (Å²) in [6, 6.07) is 8.01. The van der Waals surface area contributed by atoms with Crippen molar-refractivity contribution in [1.82, 2.24) is 24.8 Å². The average molecular weight is 433 g/mol. The van der Waals surface area contributed by atoms with Crippen molar-refractivity contribution in [1.29, 1.82) is 0 Å². The number of thiazole rings is 1. The van der Waals surface area contributed by atoms with Crippen LogP contribution in [-0.4, -0.2) is 64.1 Å². The van der Waals surface area contributed by atoms with E-state index in [-0.39, 0.29) is 12.1 Å². The van der Waals surface area contributed by atoms with Crippen molar-refractivity contribution in [2.75, 3.05) is 38.6 Å². The largest absolute Gasteiger partial charge is 0.479 e. The topological polar surface area (TPSA) is 83.5 Å². The van der Waals surface area contributed by atoms with Crippen LogP contribution < -0.4 is 10.1 Å². The highest BCUT2D eigenvalue weighted by Gasteiger charge is 2.25. The number of benzene rings is 1. The summed E-state index contributed by atoms with van der Waals surface area (Å²) in [5.41, 5.74) is 1.73. The molecule has 1 aliphatic rings. The van der Waals surface area contributed by atoms with Crippen LogP contribution in [0.15, 0.2) is 30.6 Å². The molecule has 0 spiro atoms. The number of nitrogens with one attached hydrogen (secondary N) is 1. The molecule has 0 bridgehead atoms. The van der Waals surface area contributed by atoms with E-state index < -0.39 is 0 Å². The van der Waals surface area contributed by atoms with Gasteiger partial charge in [0, 0.05) is 37.2 Å². The molecule has 1 fully saturated rings. The Morgan fingerprint density at radius 2 is 2.07 bits per heavy atom. The Balaban J connectivity index is 1.37. The highest BCUT2D eigenvalue weighted by molar-refractivity contribution is 7.22. The first-order valence-electron chi connectivity index (χ1n) is 9.26. The van der Waals surface area contributed by atoms with Crippen molar-refractivity contribution in [3.8, 4) is 5.88 Å². The first-order chi connectivity index (χ1) is 14.0. The van der Waals surface area contributed by atoms with Gasteiger partial charge in [-0.2, -0.15) is 4.98 Å². The molecule has 1 atom stereocenters. The van der Waals surface area contributed by atoms with Gasteiger partial charge in [-0.15, -0.1) is 0 Å². The number of piperazine rings is 1. The fourth-order valence-electron chi connectivity index (χ4n) is 3.40. The van der Waals surface area contributed by atoms with Crippen molar-refractivity contribution in [2.45, 2.75) is 13.0 Å². The van der Waals surface area contributed by atoms with Crippen molar-refractivity contribution in [2.24, 2.45) is 0 Å². The standard InChI is InChI=1S/C19H21ClN6O2S/c1-12(13-4-3-5-14(20)10-13)25-6-8-26(9-7-25)19(27)24-18-23-15-16(28-2)21-11-22-17(15)29-18/h3-5,10-12H,6-9H2,1-2H3,(H,23,24,27). The van der Waals surface area contributed by atoms with Gasteiger partial charge < -0.3 is 9.64 Å². The van der Waals surface area contributed by atoms with Crippen LogP contribution in [0.2, 0.25) is 5.02 Å². The predicted molar refractivity (Wildman–Crippen MR) is 114 cm³/mol. The van der Waals surface area contributed by atoms with Crippen LogP contribution in [0.3, 0.4) is 0 Å². The second-order valence-corrected chi connectivity index (χ2v) is 8.15. The summed E-state index contributed by atoms with van der Waals surface area (Å²) >= 11 is 7.42. The molecule has 152 valence electrons. The number of amides is 2. The monoisotopic (exact) mass is 432 g/mol. The molecule has 1 aromatic carbocycles. The van der Waals surface area contributed by atoms with Gasteiger partial charge in [0.15, 0.2) is 15.5 Å². The summed E-state index contributed by atoms with van der Waals surface area (Å²) in [6.07, 6.45) is 1.42. The summed E-state index contributed by atoms with van der Waals surface area (Å²) in [5.74, 6) is 0.398. The summed E-state index contributed by atoms with van der Waals surface area (Å²) < 4.78 is 5.20. The molecule has 0 aliphatic carbocycles. The number of carbonyl (C=O) groups excluding carboxylic acids is 1. The van der Waals surface area contributed by atoms with Gasteiger partial charge in [0.2, 0.25) is 5.88 Å². The lowest BCUT2D eigenvalue weighted by Gasteiger charge is -2.38. The van der Waals surface area contributed by atoms with E-state index in [0.717, 1.165) is 18.1 Å². The van der Waals surface area contributed by atoms with Gasteiger partial charge in [-0.05, 0) is 24.6 Å². The van der Waals surface area contributed by atoms with E-state index in [4.69, 9.17) is 16.3 Å². The third kappa shape index (κ3) is 4.26. The van der Waals surface area contributed by atoms with Crippen molar-refractivity contribution >= 4 is 44.4 Å². The van der Waals surface area contributed by atoms with E-state index in [1.54, 1.807) is 4.90 Å². The fourth-order valence-corrected chi connectivity index (χ4v) is 4.38. The van der Waals surface area contributed by atoms with Gasteiger partial charge >= 0.3 is 6.03 Å². The molecule has 1 N–H and O–H groups in total. The minimum Gasteiger partial charge on any atom is -0.479 e. The van der Waals surface area contributed by atoms with Gasteiger partial charge in [0.25, 0.3) is 0 Å². The number of anilines is 1. The normalized spacial score (nSPS) is 16.0. The summed E-state index contributed by atoms with van der Waals surface area (Å²) in [6.45, 7) is 5.03. The Morgan fingerprint density at radius 1 is 1.28 bits per heavy atom. The molecule has 29 heavy (non-hydrogen) atoms. The molecule has 1 saturated heterocycles. The summed E-state index contributed by atoms with van der Waals surface area (Å²) in [5, 5.41) is 4.10. The number of carbonyl (C=O) groups is 1. The lowest BCUT2D eigenvalue weighted by atomic mass is 10.1. The lowest BCUT2D eigenvalue weighted by molar-refractivity contribution is 0.119. The molecule has 8 nitrogen and oxygen atoms in total. The van der Waals surface area contributed by atoms with E-state index in [2.05, 4.69) is 38.2 Å². The van der Waals surface area contributed by atoms with Crippen LogP contribution in [0, 0.1) is 0 Å². The summed E-state index contributed by atoms with van der Waals surface area (Å²) in [7, 11) is 1.53. The number of aromatic nitrogens is 3. The number of hydrogen-bond acceptors (Lipinski definition) is 7. The zero-order valence-electron chi connectivity index (χ0n) is 16.1. The van der Waals surface area contributed by atoms with E-state index >= 15 is 0 Å². The minimum absolute atomic E-state index is 0.161. The van der Waals surface area contributed by atoms with Gasteiger partial charge in [0.1, 0.15) is 6.33 Å². The van der Waals surface area contributed by atoms with E-state index in [1.807, 2.05) is 18.2 Å². The highest BCUT2D eigenvalue weighted by Crippen LogP contribution is 2.29. The molecule has 3 heterocycles. The van der Waals surface area contributed by atoms with Crippen LogP contribution in [0.1, 0.15) is 18.5 Å². The average Bonchev–Trinajstić information content (AvgIpc) is 3.15.